The molecule has 3 rings (SSSR count). The third kappa shape index (κ3) is 4.51. The maximum absolute atomic E-state index is 12.9. The Labute approximate surface area is 145 Å². The second kappa shape index (κ2) is 8.20. The summed E-state index contributed by atoms with van der Waals surface area (Å²) in [5.41, 5.74) is 3.54. The van der Waals surface area contributed by atoms with Crippen molar-refractivity contribution in [3.63, 3.8) is 0 Å². The van der Waals surface area contributed by atoms with Crippen molar-refractivity contribution in [3.05, 3.63) is 95.6 Å². The summed E-state index contributed by atoms with van der Waals surface area (Å²) in [6.45, 7) is 0.280. The SMILES string of the molecule is FC(F)c1ccccc1C=NOCc1ccc(-c2ccccc2)cc1. The molecule has 4 heteroatoms. The van der Waals surface area contributed by atoms with Gasteiger partial charge in [-0.3, -0.25) is 0 Å². The van der Waals surface area contributed by atoms with E-state index in [0.29, 0.717) is 5.56 Å². The van der Waals surface area contributed by atoms with Crippen LogP contribution in [0.5, 0.6) is 0 Å². The quantitative estimate of drug-likeness (QED) is 0.409. The van der Waals surface area contributed by atoms with Crippen molar-refractivity contribution < 1.29 is 13.6 Å². The first-order valence-corrected chi connectivity index (χ1v) is 7.91. The molecule has 0 heterocycles. The van der Waals surface area contributed by atoms with Gasteiger partial charge in [0.1, 0.15) is 6.61 Å². The Morgan fingerprint density at radius 3 is 2.16 bits per heavy atom. The monoisotopic (exact) mass is 337 g/mol. The molecular formula is C21H17F2NO. The zero-order valence-corrected chi connectivity index (χ0v) is 13.5. The molecule has 0 atom stereocenters. The van der Waals surface area contributed by atoms with Crippen molar-refractivity contribution in [3.8, 4) is 11.1 Å². The average molecular weight is 337 g/mol. The molecule has 0 bridgehead atoms. The van der Waals surface area contributed by atoms with Gasteiger partial charge >= 0.3 is 0 Å². The molecule has 2 nitrogen and oxygen atoms in total. The molecule has 0 aliphatic rings. The Balaban J connectivity index is 1.59. The van der Waals surface area contributed by atoms with Gasteiger partial charge in [0.05, 0.1) is 6.21 Å². The van der Waals surface area contributed by atoms with Gasteiger partial charge in [-0.25, -0.2) is 8.78 Å². The number of hydrogen-bond acceptors (Lipinski definition) is 2. The first-order chi connectivity index (χ1) is 12.2. The lowest BCUT2D eigenvalue weighted by Crippen LogP contribution is -1.94. The number of halogens is 2. The van der Waals surface area contributed by atoms with Crippen LogP contribution in [0.15, 0.2) is 84.0 Å². The fraction of sp³-hybridized carbons (Fsp3) is 0.0952. The second-order valence-corrected chi connectivity index (χ2v) is 5.50. The van der Waals surface area contributed by atoms with Crippen molar-refractivity contribution in [2.24, 2.45) is 5.16 Å². The summed E-state index contributed by atoms with van der Waals surface area (Å²) < 4.78 is 25.8. The molecule has 0 saturated carbocycles. The Morgan fingerprint density at radius 2 is 1.44 bits per heavy atom. The van der Waals surface area contributed by atoms with Gasteiger partial charge in [0.25, 0.3) is 6.43 Å². The van der Waals surface area contributed by atoms with E-state index in [2.05, 4.69) is 17.3 Å². The molecule has 3 aromatic rings. The van der Waals surface area contributed by atoms with Crippen LogP contribution in [0.4, 0.5) is 8.78 Å². The summed E-state index contributed by atoms with van der Waals surface area (Å²) in [5.74, 6) is 0. The molecule has 0 spiro atoms. The lowest BCUT2D eigenvalue weighted by molar-refractivity contribution is 0.132. The zero-order valence-electron chi connectivity index (χ0n) is 13.5. The van der Waals surface area contributed by atoms with Crippen molar-refractivity contribution in [2.45, 2.75) is 13.0 Å². The number of benzene rings is 3. The zero-order chi connectivity index (χ0) is 17.5. The highest BCUT2D eigenvalue weighted by Crippen LogP contribution is 2.22. The fourth-order valence-electron chi connectivity index (χ4n) is 2.46. The van der Waals surface area contributed by atoms with Crippen LogP contribution in [-0.4, -0.2) is 6.21 Å². The molecule has 0 N–H and O–H groups in total. The number of nitrogens with zero attached hydrogens (tertiary/aromatic N) is 1. The van der Waals surface area contributed by atoms with Crippen LogP contribution in [0.25, 0.3) is 11.1 Å². The van der Waals surface area contributed by atoms with Crippen LogP contribution in [0.2, 0.25) is 0 Å². The largest absolute Gasteiger partial charge is 0.391 e. The lowest BCUT2D eigenvalue weighted by Gasteiger charge is -2.05. The van der Waals surface area contributed by atoms with Crippen LogP contribution in [0.3, 0.4) is 0 Å². The van der Waals surface area contributed by atoms with Gasteiger partial charge in [0, 0.05) is 11.1 Å². The minimum Gasteiger partial charge on any atom is -0.391 e. The van der Waals surface area contributed by atoms with E-state index in [9.17, 15) is 8.78 Å². The highest BCUT2D eigenvalue weighted by atomic mass is 19.3. The Kier molecular flexibility index (Phi) is 5.52. The molecule has 0 unspecified atom stereocenters. The predicted octanol–water partition coefficient (Wildman–Crippen LogP) is 5.84. The van der Waals surface area contributed by atoms with Gasteiger partial charge in [-0.1, -0.05) is 84.0 Å². The first kappa shape index (κ1) is 16.8. The Bertz CT molecular complexity index is 830. The molecule has 3 aromatic carbocycles. The summed E-state index contributed by atoms with van der Waals surface area (Å²) in [4.78, 5) is 5.23. The van der Waals surface area contributed by atoms with Crippen LogP contribution in [-0.2, 0) is 11.4 Å². The number of alkyl halides is 2. The molecule has 0 aliphatic heterocycles. The van der Waals surface area contributed by atoms with Crippen LogP contribution in [0, 0.1) is 0 Å². The summed E-state index contributed by atoms with van der Waals surface area (Å²) in [6.07, 6.45) is -1.21. The molecular weight excluding hydrogens is 320 g/mol. The van der Waals surface area contributed by atoms with Crippen LogP contribution < -0.4 is 0 Å². The van der Waals surface area contributed by atoms with Gasteiger partial charge in [-0.15, -0.1) is 0 Å². The van der Waals surface area contributed by atoms with E-state index in [-0.39, 0.29) is 12.2 Å². The topological polar surface area (TPSA) is 21.6 Å². The molecule has 25 heavy (non-hydrogen) atoms. The van der Waals surface area contributed by atoms with E-state index in [0.717, 1.165) is 16.7 Å². The molecule has 0 aromatic heterocycles. The fourth-order valence-corrected chi connectivity index (χ4v) is 2.46. The lowest BCUT2D eigenvalue weighted by atomic mass is 10.0. The maximum Gasteiger partial charge on any atom is 0.264 e. The van der Waals surface area contributed by atoms with E-state index in [1.54, 1.807) is 18.2 Å². The molecule has 126 valence electrons. The molecule has 0 saturated heterocycles. The number of oxime groups is 1. The van der Waals surface area contributed by atoms with Gasteiger partial charge in [0.15, 0.2) is 0 Å². The minimum absolute atomic E-state index is 0.0536. The Hall–Kier alpha value is -3.01. The second-order valence-electron chi connectivity index (χ2n) is 5.50. The highest BCUT2D eigenvalue weighted by Gasteiger charge is 2.10. The van der Waals surface area contributed by atoms with Gasteiger partial charge in [-0.2, -0.15) is 0 Å². The van der Waals surface area contributed by atoms with E-state index in [1.165, 1.54) is 12.3 Å². The van der Waals surface area contributed by atoms with Crippen LogP contribution >= 0.6 is 0 Å². The van der Waals surface area contributed by atoms with Crippen molar-refractivity contribution in [1.29, 1.82) is 0 Å². The van der Waals surface area contributed by atoms with Crippen molar-refractivity contribution >= 4 is 6.21 Å². The highest BCUT2D eigenvalue weighted by molar-refractivity contribution is 5.81. The van der Waals surface area contributed by atoms with E-state index in [4.69, 9.17) is 4.84 Å². The first-order valence-electron chi connectivity index (χ1n) is 7.91. The molecule has 0 aliphatic carbocycles. The Morgan fingerprint density at radius 1 is 0.800 bits per heavy atom. The predicted molar refractivity (Wildman–Crippen MR) is 95.7 cm³/mol. The van der Waals surface area contributed by atoms with Gasteiger partial charge < -0.3 is 4.84 Å². The van der Waals surface area contributed by atoms with Crippen molar-refractivity contribution in [1.82, 2.24) is 0 Å². The smallest absolute Gasteiger partial charge is 0.264 e. The number of rotatable bonds is 6. The van der Waals surface area contributed by atoms with E-state index < -0.39 is 6.43 Å². The number of hydrogen-bond donors (Lipinski definition) is 0. The summed E-state index contributed by atoms with van der Waals surface area (Å²) in [6, 6.07) is 24.3. The van der Waals surface area contributed by atoms with Gasteiger partial charge in [0.2, 0.25) is 0 Å². The minimum atomic E-state index is -2.53. The standard InChI is InChI=1S/C21H17F2NO/c22-21(23)20-9-5-4-8-19(20)14-24-25-15-16-10-12-18(13-11-16)17-6-2-1-3-7-17/h1-14,21H,15H2. The summed E-state index contributed by atoms with van der Waals surface area (Å²) >= 11 is 0. The molecule has 0 radical (unpaired) electrons. The van der Waals surface area contributed by atoms with Crippen molar-refractivity contribution in [2.75, 3.05) is 0 Å². The van der Waals surface area contributed by atoms with E-state index >= 15 is 0 Å². The average Bonchev–Trinajstić information content (AvgIpc) is 2.66. The normalized spacial score (nSPS) is 11.2. The van der Waals surface area contributed by atoms with E-state index in [1.807, 2.05) is 42.5 Å². The summed E-state index contributed by atoms with van der Waals surface area (Å²) in [5, 5.41) is 3.80. The maximum atomic E-state index is 12.9. The molecule has 0 amide bonds. The summed E-state index contributed by atoms with van der Waals surface area (Å²) in [7, 11) is 0. The van der Waals surface area contributed by atoms with Crippen LogP contribution in [0.1, 0.15) is 23.1 Å². The third-order valence-corrected chi connectivity index (χ3v) is 3.79. The molecule has 0 fully saturated rings. The van der Waals surface area contributed by atoms with Gasteiger partial charge in [-0.05, 0) is 16.7 Å². The third-order valence-electron chi connectivity index (χ3n) is 3.79.